The van der Waals surface area contributed by atoms with E-state index in [1.54, 1.807) is 0 Å². The second-order valence-corrected chi connectivity index (χ2v) is 5.04. The molecule has 1 aromatic heterocycles. The standard InChI is InChI=1S/C15H28N4/c1-5-9-14-17-13(16)10-15(18-14)19(8-4)11-12(6-2)7-3/h10,12H,5-9,11H2,1-4H3,(H2,16,17,18). The summed E-state index contributed by atoms with van der Waals surface area (Å²) in [6.45, 7) is 10.8. The van der Waals surface area contributed by atoms with Crippen LogP contribution < -0.4 is 10.6 Å². The molecule has 0 amide bonds. The maximum absolute atomic E-state index is 5.90. The molecule has 0 saturated heterocycles. The van der Waals surface area contributed by atoms with E-state index in [0.717, 1.165) is 37.6 Å². The number of nitrogens with two attached hydrogens (primary N) is 1. The zero-order chi connectivity index (χ0) is 14.3. The van der Waals surface area contributed by atoms with E-state index in [0.29, 0.717) is 11.7 Å². The van der Waals surface area contributed by atoms with Crippen LogP contribution >= 0.6 is 0 Å². The molecule has 0 spiro atoms. The summed E-state index contributed by atoms with van der Waals surface area (Å²) in [7, 11) is 0. The fourth-order valence-electron chi connectivity index (χ4n) is 2.24. The van der Waals surface area contributed by atoms with Crippen molar-refractivity contribution in [3.63, 3.8) is 0 Å². The van der Waals surface area contributed by atoms with E-state index in [-0.39, 0.29) is 0 Å². The molecule has 0 fully saturated rings. The van der Waals surface area contributed by atoms with Gasteiger partial charge in [-0.25, -0.2) is 9.97 Å². The second kappa shape index (κ2) is 7.97. The third kappa shape index (κ3) is 4.69. The minimum atomic E-state index is 0.580. The third-order valence-electron chi connectivity index (χ3n) is 3.59. The molecule has 4 nitrogen and oxygen atoms in total. The van der Waals surface area contributed by atoms with Gasteiger partial charge in [0, 0.05) is 25.6 Å². The molecule has 0 unspecified atom stereocenters. The topological polar surface area (TPSA) is 55.0 Å². The summed E-state index contributed by atoms with van der Waals surface area (Å²) in [6.07, 6.45) is 4.34. The Labute approximate surface area is 117 Å². The third-order valence-corrected chi connectivity index (χ3v) is 3.59. The van der Waals surface area contributed by atoms with E-state index < -0.39 is 0 Å². The molecule has 0 aromatic carbocycles. The first kappa shape index (κ1) is 15.7. The Balaban J connectivity index is 2.90. The highest BCUT2D eigenvalue weighted by Crippen LogP contribution is 2.18. The predicted octanol–water partition coefficient (Wildman–Crippen LogP) is 3.27. The molecule has 0 saturated carbocycles. The van der Waals surface area contributed by atoms with Gasteiger partial charge in [0.1, 0.15) is 17.5 Å². The molecule has 2 N–H and O–H groups in total. The molecule has 0 aliphatic heterocycles. The highest BCUT2D eigenvalue weighted by atomic mass is 15.2. The van der Waals surface area contributed by atoms with Gasteiger partial charge in [-0.1, -0.05) is 33.6 Å². The molecule has 19 heavy (non-hydrogen) atoms. The van der Waals surface area contributed by atoms with Crippen LogP contribution in [-0.4, -0.2) is 23.1 Å². The number of hydrogen-bond donors (Lipinski definition) is 1. The van der Waals surface area contributed by atoms with Crippen molar-refractivity contribution < 1.29 is 0 Å². The van der Waals surface area contributed by atoms with Crippen LogP contribution in [0.15, 0.2) is 6.07 Å². The quantitative estimate of drug-likeness (QED) is 0.783. The normalized spacial score (nSPS) is 11.0. The molecular formula is C15H28N4. The molecule has 0 bridgehead atoms. The highest BCUT2D eigenvalue weighted by molar-refractivity contribution is 5.47. The van der Waals surface area contributed by atoms with Crippen LogP contribution in [0.1, 0.15) is 52.8 Å². The van der Waals surface area contributed by atoms with Gasteiger partial charge in [-0.2, -0.15) is 0 Å². The zero-order valence-electron chi connectivity index (χ0n) is 12.8. The zero-order valence-corrected chi connectivity index (χ0v) is 12.8. The Morgan fingerprint density at radius 3 is 2.37 bits per heavy atom. The summed E-state index contributed by atoms with van der Waals surface area (Å²) in [5.41, 5.74) is 5.90. The highest BCUT2D eigenvalue weighted by Gasteiger charge is 2.13. The van der Waals surface area contributed by atoms with E-state index in [1.165, 1.54) is 12.8 Å². The summed E-state index contributed by atoms with van der Waals surface area (Å²) in [6, 6.07) is 1.89. The number of anilines is 2. The second-order valence-electron chi connectivity index (χ2n) is 5.04. The van der Waals surface area contributed by atoms with Gasteiger partial charge in [0.05, 0.1) is 0 Å². The number of nitrogens with zero attached hydrogens (tertiary/aromatic N) is 3. The number of rotatable bonds is 8. The molecule has 4 heteroatoms. The lowest BCUT2D eigenvalue weighted by molar-refractivity contribution is 0.484. The summed E-state index contributed by atoms with van der Waals surface area (Å²) < 4.78 is 0. The lowest BCUT2D eigenvalue weighted by Crippen LogP contribution is -2.30. The molecule has 0 aliphatic rings. The first-order valence-corrected chi connectivity index (χ1v) is 7.52. The van der Waals surface area contributed by atoms with Gasteiger partial charge in [-0.3, -0.25) is 0 Å². The first-order chi connectivity index (χ1) is 9.14. The fraction of sp³-hybridized carbons (Fsp3) is 0.733. The van der Waals surface area contributed by atoms with Crippen molar-refractivity contribution in [3.05, 3.63) is 11.9 Å². The van der Waals surface area contributed by atoms with E-state index in [2.05, 4.69) is 42.6 Å². The smallest absolute Gasteiger partial charge is 0.134 e. The first-order valence-electron chi connectivity index (χ1n) is 7.52. The van der Waals surface area contributed by atoms with Gasteiger partial charge in [-0.15, -0.1) is 0 Å². The molecule has 0 radical (unpaired) electrons. The van der Waals surface area contributed by atoms with Crippen molar-refractivity contribution in [2.24, 2.45) is 5.92 Å². The fourth-order valence-corrected chi connectivity index (χ4v) is 2.24. The Kier molecular flexibility index (Phi) is 6.60. The average molecular weight is 264 g/mol. The van der Waals surface area contributed by atoms with Gasteiger partial charge < -0.3 is 10.6 Å². The predicted molar refractivity (Wildman–Crippen MR) is 82.4 cm³/mol. The number of hydrogen-bond acceptors (Lipinski definition) is 4. The molecular weight excluding hydrogens is 236 g/mol. The van der Waals surface area contributed by atoms with Crippen LogP contribution in [0.2, 0.25) is 0 Å². The Hall–Kier alpha value is -1.32. The van der Waals surface area contributed by atoms with Gasteiger partial charge in [0.2, 0.25) is 0 Å². The maximum atomic E-state index is 5.90. The molecule has 1 rings (SSSR count). The monoisotopic (exact) mass is 264 g/mol. The van der Waals surface area contributed by atoms with Crippen molar-refractivity contribution in [2.75, 3.05) is 23.7 Å². The van der Waals surface area contributed by atoms with Crippen LogP contribution in [0.4, 0.5) is 11.6 Å². The Morgan fingerprint density at radius 2 is 1.84 bits per heavy atom. The van der Waals surface area contributed by atoms with E-state index in [4.69, 9.17) is 5.73 Å². The number of aryl methyl sites for hydroxylation is 1. The Bertz CT molecular complexity index is 374. The molecule has 1 heterocycles. The van der Waals surface area contributed by atoms with E-state index >= 15 is 0 Å². The van der Waals surface area contributed by atoms with E-state index in [9.17, 15) is 0 Å². The molecule has 0 atom stereocenters. The van der Waals surface area contributed by atoms with Crippen LogP contribution in [0, 0.1) is 5.92 Å². The molecule has 108 valence electrons. The van der Waals surface area contributed by atoms with Crippen LogP contribution in [0.3, 0.4) is 0 Å². The minimum absolute atomic E-state index is 0.580. The van der Waals surface area contributed by atoms with Crippen molar-refractivity contribution in [1.29, 1.82) is 0 Å². The van der Waals surface area contributed by atoms with Crippen molar-refractivity contribution >= 4 is 11.6 Å². The maximum Gasteiger partial charge on any atom is 0.134 e. The van der Waals surface area contributed by atoms with Crippen LogP contribution in [0.5, 0.6) is 0 Å². The largest absolute Gasteiger partial charge is 0.384 e. The van der Waals surface area contributed by atoms with Gasteiger partial charge in [0.15, 0.2) is 0 Å². The number of nitrogen functional groups attached to an aromatic ring is 1. The SMILES string of the molecule is CCCc1nc(N)cc(N(CC)CC(CC)CC)n1. The van der Waals surface area contributed by atoms with Gasteiger partial charge in [0.25, 0.3) is 0 Å². The van der Waals surface area contributed by atoms with Crippen LogP contribution in [0.25, 0.3) is 0 Å². The van der Waals surface area contributed by atoms with Crippen molar-refractivity contribution in [2.45, 2.75) is 53.4 Å². The molecule has 0 aliphatic carbocycles. The van der Waals surface area contributed by atoms with Crippen molar-refractivity contribution in [1.82, 2.24) is 9.97 Å². The summed E-state index contributed by atoms with van der Waals surface area (Å²) in [4.78, 5) is 11.3. The lowest BCUT2D eigenvalue weighted by atomic mass is 10.0. The summed E-state index contributed by atoms with van der Waals surface area (Å²) >= 11 is 0. The van der Waals surface area contributed by atoms with E-state index in [1.807, 2.05) is 6.07 Å². The average Bonchev–Trinajstić information content (AvgIpc) is 2.40. The summed E-state index contributed by atoms with van der Waals surface area (Å²) in [5, 5.41) is 0. The van der Waals surface area contributed by atoms with Crippen LogP contribution in [-0.2, 0) is 6.42 Å². The van der Waals surface area contributed by atoms with Gasteiger partial charge >= 0.3 is 0 Å². The Morgan fingerprint density at radius 1 is 1.16 bits per heavy atom. The van der Waals surface area contributed by atoms with Gasteiger partial charge in [-0.05, 0) is 19.3 Å². The lowest BCUT2D eigenvalue weighted by Gasteiger charge is -2.26. The summed E-state index contributed by atoms with van der Waals surface area (Å²) in [5.74, 6) is 3.13. The minimum Gasteiger partial charge on any atom is -0.384 e. The van der Waals surface area contributed by atoms with Crippen molar-refractivity contribution in [3.8, 4) is 0 Å². The number of aromatic nitrogens is 2. The molecule has 1 aromatic rings.